The van der Waals surface area contributed by atoms with Crippen LogP contribution in [0.2, 0.25) is 0 Å². The summed E-state index contributed by atoms with van der Waals surface area (Å²) in [7, 11) is 0. The molecule has 6 heteroatoms. The zero-order chi connectivity index (χ0) is 16.8. The van der Waals surface area contributed by atoms with Gasteiger partial charge < -0.3 is 14.3 Å². The third kappa shape index (κ3) is 4.08. The smallest absolute Gasteiger partial charge is 0.351 e. The number of rotatable bonds is 5. The lowest BCUT2D eigenvalue weighted by Gasteiger charge is -2.02. The molecule has 0 saturated carbocycles. The number of ketones is 1. The van der Waals surface area contributed by atoms with E-state index in [4.69, 9.17) is 14.4 Å². The Hall–Kier alpha value is -3.33. The highest BCUT2D eigenvalue weighted by molar-refractivity contribution is 6.08. The molecule has 0 unspecified atom stereocenters. The maximum absolute atomic E-state index is 12.0. The number of aromatic hydroxyl groups is 1. The van der Waals surface area contributed by atoms with E-state index in [1.165, 1.54) is 19.1 Å². The van der Waals surface area contributed by atoms with Gasteiger partial charge in [0.15, 0.2) is 12.4 Å². The molecule has 0 aliphatic rings. The Balaban J connectivity index is 2.22. The van der Waals surface area contributed by atoms with Crippen molar-refractivity contribution in [3.63, 3.8) is 0 Å². The Morgan fingerprint density at radius 1 is 1.43 bits per heavy atom. The fourth-order valence-electron chi connectivity index (χ4n) is 1.90. The summed E-state index contributed by atoms with van der Waals surface area (Å²) in [6, 6.07) is 9.80. The summed E-state index contributed by atoms with van der Waals surface area (Å²) >= 11 is 0. The van der Waals surface area contributed by atoms with Crippen LogP contribution in [-0.4, -0.2) is 17.5 Å². The average Bonchev–Trinajstić information content (AvgIpc) is 2.50. The second-order valence-corrected chi connectivity index (χ2v) is 4.62. The molecule has 23 heavy (non-hydrogen) atoms. The van der Waals surface area contributed by atoms with E-state index < -0.39 is 22.7 Å². The van der Waals surface area contributed by atoms with Gasteiger partial charge in [-0.3, -0.25) is 4.79 Å². The van der Waals surface area contributed by atoms with Gasteiger partial charge in [0.05, 0.1) is 0 Å². The lowest BCUT2D eigenvalue weighted by Crippen LogP contribution is -2.12. The number of ether oxygens (including phenoxy) is 1. The first-order chi connectivity index (χ1) is 11.0. The number of hydrogen-bond donors (Lipinski definition) is 1. The predicted molar refractivity (Wildman–Crippen MR) is 82.3 cm³/mol. The van der Waals surface area contributed by atoms with Crippen LogP contribution in [0, 0.1) is 18.3 Å². The van der Waals surface area contributed by atoms with Crippen molar-refractivity contribution in [2.45, 2.75) is 6.92 Å². The minimum atomic E-state index is -0.886. The van der Waals surface area contributed by atoms with Crippen molar-refractivity contribution < 1.29 is 19.1 Å². The number of carbonyl (C=O) groups excluding carboxylic acids is 1. The van der Waals surface area contributed by atoms with Crippen molar-refractivity contribution in [1.29, 1.82) is 5.26 Å². The summed E-state index contributed by atoms with van der Waals surface area (Å²) in [5.41, 5.74) is -0.656. The van der Waals surface area contributed by atoms with Gasteiger partial charge in [-0.25, -0.2) is 4.79 Å². The van der Waals surface area contributed by atoms with E-state index >= 15 is 0 Å². The minimum absolute atomic E-state index is 0.0790. The van der Waals surface area contributed by atoms with Crippen LogP contribution >= 0.6 is 0 Å². The number of hydrogen-bond acceptors (Lipinski definition) is 6. The molecular formula is C17H13NO5. The van der Waals surface area contributed by atoms with Crippen molar-refractivity contribution in [2.24, 2.45) is 0 Å². The van der Waals surface area contributed by atoms with Crippen LogP contribution in [0.25, 0.3) is 6.08 Å². The van der Waals surface area contributed by atoms with E-state index in [9.17, 15) is 14.7 Å². The second-order valence-electron chi connectivity index (χ2n) is 4.62. The molecule has 2 aromatic rings. The quantitative estimate of drug-likeness (QED) is 0.672. The molecule has 0 aliphatic carbocycles. The van der Waals surface area contributed by atoms with Gasteiger partial charge in [-0.15, -0.1) is 0 Å². The van der Waals surface area contributed by atoms with Crippen molar-refractivity contribution in [2.75, 3.05) is 6.61 Å². The number of nitriles is 1. The van der Waals surface area contributed by atoms with Gasteiger partial charge in [0.1, 0.15) is 28.9 Å². The summed E-state index contributed by atoms with van der Waals surface area (Å²) in [6.45, 7) is 1.42. The first-order valence-corrected chi connectivity index (χ1v) is 6.67. The Kier molecular flexibility index (Phi) is 4.95. The summed E-state index contributed by atoms with van der Waals surface area (Å²) < 4.78 is 9.96. The van der Waals surface area contributed by atoms with Crippen LogP contribution in [0.3, 0.4) is 0 Å². The molecule has 0 amide bonds. The first-order valence-electron chi connectivity index (χ1n) is 6.67. The lowest BCUT2D eigenvalue weighted by molar-refractivity contribution is 0.104. The standard InChI is InChI=1S/C17H13NO5/c1-11-9-15(20)16(17(21)23-11)14(19)6-5-12-3-2-4-13(10-12)22-8-7-18/h2-6,9-10,20H,8H2,1H3. The zero-order valence-electron chi connectivity index (χ0n) is 12.3. The molecule has 1 aromatic carbocycles. The van der Waals surface area contributed by atoms with E-state index in [0.717, 1.165) is 6.08 Å². The van der Waals surface area contributed by atoms with E-state index in [-0.39, 0.29) is 12.4 Å². The third-order valence-corrected chi connectivity index (χ3v) is 2.89. The van der Waals surface area contributed by atoms with E-state index in [1.54, 1.807) is 24.3 Å². The van der Waals surface area contributed by atoms with Crippen LogP contribution in [0.4, 0.5) is 0 Å². The molecule has 0 saturated heterocycles. The molecule has 6 nitrogen and oxygen atoms in total. The maximum Gasteiger partial charge on any atom is 0.351 e. The molecule has 1 N–H and O–H groups in total. The van der Waals surface area contributed by atoms with Crippen LogP contribution in [0.15, 0.2) is 45.6 Å². The van der Waals surface area contributed by atoms with E-state index in [2.05, 4.69) is 0 Å². The van der Waals surface area contributed by atoms with Crippen LogP contribution in [0.5, 0.6) is 11.5 Å². The fourth-order valence-corrected chi connectivity index (χ4v) is 1.90. The predicted octanol–water partition coefficient (Wildman–Crippen LogP) is 2.45. The summed E-state index contributed by atoms with van der Waals surface area (Å²) in [4.78, 5) is 23.7. The minimum Gasteiger partial charge on any atom is -0.507 e. The normalized spacial score (nSPS) is 10.4. The monoisotopic (exact) mass is 311 g/mol. The lowest BCUT2D eigenvalue weighted by atomic mass is 10.1. The topological polar surface area (TPSA) is 101 Å². The highest BCUT2D eigenvalue weighted by Gasteiger charge is 2.15. The van der Waals surface area contributed by atoms with E-state index in [0.29, 0.717) is 11.3 Å². The largest absolute Gasteiger partial charge is 0.507 e. The summed E-state index contributed by atoms with van der Waals surface area (Å²) in [5.74, 6) is -0.381. The molecule has 0 fully saturated rings. The van der Waals surface area contributed by atoms with Crippen molar-refractivity contribution >= 4 is 11.9 Å². The summed E-state index contributed by atoms with van der Waals surface area (Å²) in [5, 5.41) is 18.2. The highest BCUT2D eigenvalue weighted by Crippen LogP contribution is 2.17. The molecule has 2 rings (SSSR count). The van der Waals surface area contributed by atoms with Crippen LogP contribution in [0.1, 0.15) is 21.7 Å². The average molecular weight is 311 g/mol. The van der Waals surface area contributed by atoms with Gasteiger partial charge in [0, 0.05) is 6.07 Å². The number of benzene rings is 1. The third-order valence-electron chi connectivity index (χ3n) is 2.89. The van der Waals surface area contributed by atoms with Crippen LogP contribution < -0.4 is 10.4 Å². The molecule has 0 spiro atoms. The molecule has 0 atom stereocenters. The molecule has 0 radical (unpaired) electrons. The van der Waals surface area contributed by atoms with Gasteiger partial charge in [-0.05, 0) is 30.7 Å². The Bertz CT molecular complexity index is 858. The number of aryl methyl sites for hydroxylation is 1. The van der Waals surface area contributed by atoms with Crippen LogP contribution in [-0.2, 0) is 0 Å². The molecule has 0 aliphatic heterocycles. The van der Waals surface area contributed by atoms with Gasteiger partial charge >= 0.3 is 5.63 Å². The van der Waals surface area contributed by atoms with Gasteiger partial charge in [0.2, 0.25) is 0 Å². The highest BCUT2D eigenvalue weighted by atomic mass is 16.5. The Morgan fingerprint density at radius 3 is 2.91 bits per heavy atom. The summed E-state index contributed by atoms with van der Waals surface area (Å²) in [6.07, 6.45) is 2.63. The van der Waals surface area contributed by atoms with E-state index in [1.807, 2.05) is 6.07 Å². The molecule has 1 aromatic heterocycles. The van der Waals surface area contributed by atoms with Gasteiger partial charge in [-0.1, -0.05) is 18.2 Å². The zero-order valence-corrected chi connectivity index (χ0v) is 12.3. The Morgan fingerprint density at radius 2 is 2.22 bits per heavy atom. The number of allylic oxidation sites excluding steroid dienone is 1. The Labute approximate surface area is 131 Å². The molecule has 0 bridgehead atoms. The number of carbonyl (C=O) groups is 1. The van der Waals surface area contributed by atoms with Gasteiger partial charge in [-0.2, -0.15) is 5.26 Å². The number of nitrogens with zero attached hydrogens (tertiary/aromatic N) is 1. The molecule has 116 valence electrons. The SMILES string of the molecule is Cc1cc(O)c(C(=O)C=Cc2cccc(OCC#N)c2)c(=O)o1. The first kappa shape index (κ1) is 16.0. The maximum atomic E-state index is 12.0. The van der Waals surface area contributed by atoms with Gasteiger partial charge in [0.25, 0.3) is 0 Å². The van der Waals surface area contributed by atoms with Crippen molar-refractivity contribution in [1.82, 2.24) is 0 Å². The molecule has 1 heterocycles. The second kappa shape index (κ2) is 7.09. The molecular weight excluding hydrogens is 298 g/mol. The van der Waals surface area contributed by atoms with Crippen molar-refractivity contribution in [3.8, 4) is 17.6 Å². The van der Waals surface area contributed by atoms with Crippen molar-refractivity contribution in [3.05, 3.63) is 63.7 Å². The fraction of sp³-hybridized carbons (Fsp3) is 0.118.